The number of rotatable bonds is 7. The molecule has 0 spiro atoms. The van der Waals surface area contributed by atoms with E-state index in [1.165, 1.54) is 0 Å². The molecule has 0 radical (unpaired) electrons. The quantitative estimate of drug-likeness (QED) is 0.500. The molecule has 0 aliphatic heterocycles. The Morgan fingerprint density at radius 2 is 2.35 bits per heavy atom. The number of carbonyl (C=O) groups excluding carboxylic acids is 1. The summed E-state index contributed by atoms with van der Waals surface area (Å²) in [6.45, 7) is 0.424. The third kappa shape index (κ3) is 5.12. The van der Waals surface area contributed by atoms with Gasteiger partial charge in [-0.05, 0) is 6.42 Å². The van der Waals surface area contributed by atoms with Gasteiger partial charge in [-0.25, -0.2) is 4.98 Å². The number of nitrogens with one attached hydrogen (secondary N) is 2. The molecule has 1 aromatic heterocycles. The van der Waals surface area contributed by atoms with Crippen LogP contribution in [-0.2, 0) is 16.0 Å². The number of H-pyrrole nitrogens is 1. The number of nitrogens with two attached hydrogens (primary N) is 1. The zero-order valence-electron chi connectivity index (χ0n) is 9.35. The van der Waals surface area contributed by atoms with Gasteiger partial charge in [-0.3, -0.25) is 9.59 Å². The third-order valence-electron chi connectivity index (χ3n) is 2.22. The molecule has 7 heteroatoms. The number of nitrogens with zero attached hydrogens (tertiary/aromatic N) is 1. The summed E-state index contributed by atoms with van der Waals surface area (Å²) in [5.41, 5.74) is 5.53. The van der Waals surface area contributed by atoms with Crippen LogP contribution in [0.25, 0.3) is 0 Å². The van der Waals surface area contributed by atoms with Gasteiger partial charge in [-0.15, -0.1) is 0 Å². The molecule has 1 amide bonds. The largest absolute Gasteiger partial charge is 0.481 e. The van der Waals surface area contributed by atoms with E-state index in [-0.39, 0.29) is 18.7 Å². The van der Waals surface area contributed by atoms with E-state index in [1.54, 1.807) is 12.4 Å². The van der Waals surface area contributed by atoms with Gasteiger partial charge in [-0.1, -0.05) is 0 Å². The maximum atomic E-state index is 11.4. The molecule has 7 nitrogen and oxygen atoms in total. The van der Waals surface area contributed by atoms with Crippen molar-refractivity contribution < 1.29 is 14.7 Å². The number of aliphatic carboxylic acids is 1. The van der Waals surface area contributed by atoms with E-state index in [0.717, 1.165) is 5.82 Å². The molecule has 0 aromatic carbocycles. The number of carboxylic acid groups (broad SMARTS) is 1. The monoisotopic (exact) mass is 240 g/mol. The van der Waals surface area contributed by atoms with E-state index >= 15 is 0 Å². The first-order valence-electron chi connectivity index (χ1n) is 5.33. The van der Waals surface area contributed by atoms with Crippen LogP contribution in [0.1, 0.15) is 18.7 Å². The van der Waals surface area contributed by atoms with E-state index < -0.39 is 12.0 Å². The zero-order chi connectivity index (χ0) is 12.7. The topological polar surface area (TPSA) is 121 Å². The highest BCUT2D eigenvalue weighted by molar-refractivity contribution is 5.82. The van der Waals surface area contributed by atoms with Crippen LogP contribution in [-0.4, -0.2) is 39.5 Å². The van der Waals surface area contributed by atoms with Gasteiger partial charge in [0, 0.05) is 31.8 Å². The Morgan fingerprint density at radius 1 is 1.59 bits per heavy atom. The highest BCUT2D eigenvalue weighted by Gasteiger charge is 2.14. The molecular formula is C10H16N4O3. The Kier molecular flexibility index (Phi) is 5.15. The molecule has 0 fully saturated rings. The van der Waals surface area contributed by atoms with Gasteiger partial charge in [0.2, 0.25) is 5.91 Å². The van der Waals surface area contributed by atoms with E-state index in [2.05, 4.69) is 15.3 Å². The van der Waals surface area contributed by atoms with Gasteiger partial charge in [0.25, 0.3) is 0 Å². The predicted molar refractivity (Wildman–Crippen MR) is 60.1 cm³/mol. The lowest BCUT2D eigenvalue weighted by molar-refractivity contribution is -0.137. The molecule has 1 unspecified atom stereocenters. The number of carbonyl (C=O) groups is 2. The fourth-order valence-electron chi connectivity index (χ4n) is 1.28. The Bertz CT molecular complexity index is 364. The number of hydrogen-bond donors (Lipinski definition) is 4. The van der Waals surface area contributed by atoms with Crippen LogP contribution in [0, 0.1) is 0 Å². The van der Waals surface area contributed by atoms with Gasteiger partial charge in [-0.2, -0.15) is 0 Å². The first kappa shape index (κ1) is 13.2. The van der Waals surface area contributed by atoms with Crippen LogP contribution in [0.3, 0.4) is 0 Å². The smallest absolute Gasteiger partial charge is 0.303 e. The highest BCUT2D eigenvalue weighted by Crippen LogP contribution is 1.95. The summed E-state index contributed by atoms with van der Waals surface area (Å²) in [4.78, 5) is 28.6. The van der Waals surface area contributed by atoms with E-state index in [1.807, 2.05) is 0 Å². The minimum absolute atomic E-state index is 0.104. The Balaban J connectivity index is 2.17. The lowest BCUT2D eigenvalue weighted by atomic mass is 10.1. The van der Waals surface area contributed by atoms with Gasteiger partial charge in [0.1, 0.15) is 5.82 Å². The van der Waals surface area contributed by atoms with Crippen LogP contribution in [0.2, 0.25) is 0 Å². The molecule has 1 atom stereocenters. The van der Waals surface area contributed by atoms with Crippen LogP contribution in [0.15, 0.2) is 12.4 Å². The summed E-state index contributed by atoms with van der Waals surface area (Å²) >= 11 is 0. The molecule has 0 bridgehead atoms. The fraction of sp³-hybridized carbons (Fsp3) is 0.500. The first-order valence-corrected chi connectivity index (χ1v) is 5.33. The predicted octanol–water partition coefficient (Wildman–Crippen LogP) is -0.739. The molecule has 17 heavy (non-hydrogen) atoms. The maximum absolute atomic E-state index is 11.4. The number of aromatic amines is 1. The lowest BCUT2D eigenvalue weighted by Crippen LogP contribution is -2.41. The molecule has 0 aliphatic carbocycles. The summed E-state index contributed by atoms with van der Waals surface area (Å²) in [6.07, 6.45) is 3.96. The average Bonchev–Trinajstić information content (AvgIpc) is 2.78. The molecule has 0 saturated carbocycles. The molecule has 1 rings (SSSR count). The first-order chi connectivity index (χ1) is 8.09. The van der Waals surface area contributed by atoms with Crippen molar-refractivity contribution in [2.45, 2.75) is 25.3 Å². The third-order valence-corrected chi connectivity index (χ3v) is 2.22. The van der Waals surface area contributed by atoms with Crippen molar-refractivity contribution in [2.24, 2.45) is 5.73 Å². The van der Waals surface area contributed by atoms with Crippen LogP contribution >= 0.6 is 0 Å². The standard InChI is InChI=1S/C10H16N4O3/c11-7(1-2-9(15)16)10(17)14-4-3-8-12-5-6-13-8/h5-7H,1-4,11H2,(H,12,13)(H,14,17)(H,15,16). The molecule has 0 aliphatic rings. The molecule has 94 valence electrons. The summed E-state index contributed by atoms with van der Waals surface area (Å²) in [6, 6.07) is -0.775. The highest BCUT2D eigenvalue weighted by atomic mass is 16.4. The van der Waals surface area contributed by atoms with Gasteiger partial charge in [0.15, 0.2) is 0 Å². The van der Waals surface area contributed by atoms with Crippen LogP contribution in [0.5, 0.6) is 0 Å². The summed E-state index contributed by atoms with van der Waals surface area (Å²) in [5, 5.41) is 11.1. The van der Waals surface area contributed by atoms with E-state index in [4.69, 9.17) is 10.8 Å². The van der Waals surface area contributed by atoms with Gasteiger partial charge >= 0.3 is 5.97 Å². The van der Waals surface area contributed by atoms with Crippen molar-refractivity contribution in [3.8, 4) is 0 Å². The molecule has 1 heterocycles. The molecule has 0 saturated heterocycles. The van der Waals surface area contributed by atoms with E-state index in [9.17, 15) is 9.59 Å². The van der Waals surface area contributed by atoms with Crippen molar-refractivity contribution >= 4 is 11.9 Å². The molecule has 1 aromatic rings. The molecular weight excluding hydrogens is 224 g/mol. The maximum Gasteiger partial charge on any atom is 0.303 e. The normalized spacial score (nSPS) is 12.1. The number of imidazole rings is 1. The molecule has 5 N–H and O–H groups in total. The second kappa shape index (κ2) is 6.64. The fourth-order valence-corrected chi connectivity index (χ4v) is 1.28. The summed E-state index contributed by atoms with van der Waals surface area (Å²) < 4.78 is 0. The number of hydrogen-bond acceptors (Lipinski definition) is 4. The minimum atomic E-state index is -0.955. The summed E-state index contributed by atoms with van der Waals surface area (Å²) in [7, 11) is 0. The van der Waals surface area contributed by atoms with Crippen molar-refractivity contribution in [3.63, 3.8) is 0 Å². The Labute approximate surface area is 98.4 Å². The van der Waals surface area contributed by atoms with Crippen molar-refractivity contribution in [3.05, 3.63) is 18.2 Å². The van der Waals surface area contributed by atoms with Crippen LogP contribution < -0.4 is 11.1 Å². The Hall–Kier alpha value is -1.89. The summed E-state index contributed by atoms with van der Waals surface area (Å²) in [5.74, 6) is -0.508. The lowest BCUT2D eigenvalue weighted by Gasteiger charge is -2.10. The van der Waals surface area contributed by atoms with Crippen molar-refractivity contribution in [1.82, 2.24) is 15.3 Å². The Morgan fingerprint density at radius 3 is 2.94 bits per heavy atom. The van der Waals surface area contributed by atoms with Gasteiger partial charge in [0.05, 0.1) is 6.04 Å². The number of carboxylic acids is 1. The van der Waals surface area contributed by atoms with Crippen LogP contribution in [0.4, 0.5) is 0 Å². The second-order valence-electron chi connectivity index (χ2n) is 3.62. The second-order valence-corrected chi connectivity index (χ2v) is 3.62. The number of aromatic nitrogens is 2. The minimum Gasteiger partial charge on any atom is -0.481 e. The average molecular weight is 240 g/mol. The zero-order valence-corrected chi connectivity index (χ0v) is 9.35. The SMILES string of the molecule is NC(CCC(=O)O)C(=O)NCCc1ncc[nH]1. The number of amides is 1. The van der Waals surface area contributed by atoms with Crippen molar-refractivity contribution in [2.75, 3.05) is 6.54 Å². The van der Waals surface area contributed by atoms with E-state index in [0.29, 0.717) is 13.0 Å². The van der Waals surface area contributed by atoms with Gasteiger partial charge < -0.3 is 21.1 Å². The van der Waals surface area contributed by atoms with Crippen molar-refractivity contribution in [1.29, 1.82) is 0 Å².